The maximum atomic E-state index is 9.13. The van der Waals surface area contributed by atoms with Crippen molar-refractivity contribution in [3.05, 3.63) is 0 Å². The highest BCUT2D eigenvalue weighted by atomic mass is 16.5. The number of nitrogens with one attached hydrogen (secondary N) is 1. The number of hydrogen-bond donors (Lipinski definition) is 2. The lowest BCUT2D eigenvalue weighted by Crippen LogP contribution is -2.41. The molecule has 0 spiro atoms. The molecule has 0 bridgehead atoms. The van der Waals surface area contributed by atoms with E-state index >= 15 is 0 Å². The monoisotopic (exact) mass is 202 g/mol. The quantitative estimate of drug-likeness (QED) is 0.647. The fourth-order valence-electron chi connectivity index (χ4n) is 1.85. The van der Waals surface area contributed by atoms with Crippen molar-refractivity contribution in [2.75, 3.05) is 46.5 Å². The summed E-state index contributed by atoms with van der Waals surface area (Å²) in [7, 11) is 1.73. The van der Waals surface area contributed by atoms with E-state index in [2.05, 4.69) is 17.1 Å². The van der Waals surface area contributed by atoms with Crippen molar-refractivity contribution in [3.63, 3.8) is 0 Å². The van der Waals surface area contributed by atoms with Crippen molar-refractivity contribution in [2.24, 2.45) is 5.92 Å². The maximum absolute atomic E-state index is 9.13. The Morgan fingerprint density at radius 2 is 2.29 bits per heavy atom. The molecule has 2 atom stereocenters. The van der Waals surface area contributed by atoms with E-state index in [4.69, 9.17) is 9.84 Å². The molecule has 0 saturated carbocycles. The van der Waals surface area contributed by atoms with E-state index in [0.717, 1.165) is 32.8 Å². The summed E-state index contributed by atoms with van der Waals surface area (Å²) in [6.07, 6.45) is 0. The van der Waals surface area contributed by atoms with Crippen LogP contribution < -0.4 is 5.32 Å². The third kappa shape index (κ3) is 3.92. The smallest absolute Gasteiger partial charge is 0.0597 e. The van der Waals surface area contributed by atoms with Gasteiger partial charge >= 0.3 is 0 Å². The van der Waals surface area contributed by atoms with Crippen LogP contribution >= 0.6 is 0 Å². The average Bonchev–Trinajstić information content (AvgIpc) is 2.37. The molecular weight excluding hydrogens is 180 g/mol. The van der Waals surface area contributed by atoms with Crippen LogP contribution in [0.15, 0.2) is 0 Å². The lowest BCUT2D eigenvalue weighted by atomic mass is 10.2. The Balaban J connectivity index is 2.37. The van der Waals surface area contributed by atoms with Crippen molar-refractivity contribution >= 4 is 0 Å². The van der Waals surface area contributed by atoms with Gasteiger partial charge in [0.05, 0.1) is 13.2 Å². The van der Waals surface area contributed by atoms with Gasteiger partial charge in [-0.3, -0.25) is 4.90 Å². The fourth-order valence-corrected chi connectivity index (χ4v) is 1.85. The first-order valence-corrected chi connectivity index (χ1v) is 5.31. The van der Waals surface area contributed by atoms with E-state index in [0.29, 0.717) is 5.92 Å². The van der Waals surface area contributed by atoms with Crippen molar-refractivity contribution in [1.29, 1.82) is 0 Å². The average molecular weight is 202 g/mol. The lowest BCUT2D eigenvalue weighted by Gasteiger charge is -2.23. The van der Waals surface area contributed by atoms with E-state index in [1.54, 1.807) is 7.11 Å². The molecule has 1 heterocycles. The largest absolute Gasteiger partial charge is 0.395 e. The van der Waals surface area contributed by atoms with Gasteiger partial charge in [-0.15, -0.1) is 0 Å². The molecule has 0 radical (unpaired) electrons. The van der Waals surface area contributed by atoms with E-state index < -0.39 is 0 Å². The summed E-state index contributed by atoms with van der Waals surface area (Å²) < 4.78 is 5.06. The summed E-state index contributed by atoms with van der Waals surface area (Å²) in [6, 6.07) is 0.219. The zero-order valence-electron chi connectivity index (χ0n) is 9.20. The van der Waals surface area contributed by atoms with Gasteiger partial charge in [0.25, 0.3) is 0 Å². The molecule has 0 aliphatic carbocycles. The van der Waals surface area contributed by atoms with Crippen molar-refractivity contribution in [3.8, 4) is 0 Å². The number of aliphatic hydroxyl groups is 1. The number of rotatable bonds is 4. The first-order chi connectivity index (χ1) is 6.76. The highest BCUT2D eigenvalue weighted by Gasteiger charge is 2.20. The second kappa shape index (κ2) is 6.35. The summed E-state index contributed by atoms with van der Waals surface area (Å²) in [5.41, 5.74) is 0. The molecule has 1 saturated heterocycles. The molecule has 0 aromatic rings. The van der Waals surface area contributed by atoms with Crippen LogP contribution in [0.4, 0.5) is 0 Å². The minimum atomic E-state index is 0.218. The van der Waals surface area contributed by atoms with Crippen LogP contribution in [0, 0.1) is 5.92 Å². The summed E-state index contributed by atoms with van der Waals surface area (Å²) in [5, 5.41) is 12.5. The molecule has 1 aliphatic rings. The molecule has 2 N–H and O–H groups in total. The highest BCUT2D eigenvalue weighted by Crippen LogP contribution is 2.05. The van der Waals surface area contributed by atoms with Gasteiger partial charge in [-0.25, -0.2) is 0 Å². The minimum absolute atomic E-state index is 0.218. The Bertz CT molecular complexity index is 155. The summed E-state index contributed by atoms with van der Waals surface area (Å²) >= 11 is 0. The van der Waals surface area contributed by atoms with Gasteiger partial charge in [0, 0.05) is 32.8 Å². The summed E-state index contributed by atoms with van der Waals surface area (Å²) in [5.74, 6) is 0.642. The SMILES string of the molecule is COCCN1CC(C)CNC(CO)C1. The van der Waals surface area contributed by atoms with Gasteiger partial charge < -0.3 is 15.2 Å². The Morgan fingerprint density at radius 3 is 2.93 bits per heavy atom. The van der Waals surface area contributed by atoms with Crippen LogP contribution in [0.25, 0.3) is 0 Å². The first-order valence-electron chi connectivity index (χ1n) is 5.31. The van der Waals surface area contributed by atoms with Crippen molar-refractivity contribution in [1.82, 2.24) is 10.2 Å². The third-order valence-electron chi connectivity index (χ3n) is 2.64. The van der Waals surface area contributed by atoms with E-state index in [1.807, 2.05) is 0 Å². The van der Waals surface area contributed by atoms with Gasteiger partial charge in [0.15, 0.2) is 0 Å². The normalized spacial score (nSPS) is 30.2. The molecule has 1 aliphatic heterocycles. The third-order valence-corrected chi connectivity index (χ3v) is 2.64. The second-order valence-electron chi connectivity index (χ2n) is 4.15. The van der Waals surface area contributed by atoms with Crippen LogP contribution in [0.2, 0.25) is 0 Å². The highest BCUT2D eigenvalue weighted by molar-refractivity contribution is 4.78. The van der Waals surface area contributed by atoms with Gasteiger partial charge in [0.1, 0.15) is 0 Å². The van der Waals surface area contributed by atoms with Gasteiger partial charge in [-0.05, 0) is 12.5 Å². The van der Waals surface area contributed by atoms with Gasteiger partial charge in [-0.1, -0.05) is 6.92 Å². The zero-order chi connectivity index (χ0) is 10.4. The van der Waals surface area contributed by atoms with Crippen LogP contribution in [0.3, 0.4) is 0 Å². The number of methoxy groups -OCH3 is 1. The minimum Gasteiger partial charge on any atom is -0.395 e. The molecule has 4 nitrogen and oxygen atoms in total. The molecular formula is C10H22N2O2. The molecule has 0 aromatic carbocycles. The topological polar surface area (TPSA) is 44.7 Å². The lowest BCUT2D eigenvalue weighted by molar-refractivity contribution is 0.133. The number of nitrogens with zero attached hydrogens (tertiary/aromatic N) is 1. The molecule has 1 fully saturated rings. The molecule has 2 unspecified atom stereocenters. The molecule has 0 amide bonds. The first kappa shape index (κ1) is 11.9. The Kier molecular flexibility index (Phi) is 5.40. The second-order valence-corrected chi connectivity index (χ2v) is 4.15. The molecule has 84 valence electrons. The van der Waals surface area contributed by atoms with Crippen LogP contribution in [-0.2, 0) is 4.74 Å². The Hall–Kier alpha value is -0.160. The molecule has 14 heavy (non-hydrogen) atoms. The van der Waals surface area contributed by atoms with Gasteiger partial charge in [-0.2, -0.15) is 0 Å². The number of ether oxygens (including phenoxy) is 1. The van der Waals surface area contributed by atoms with Crippen molar-refractivity contribution in [2.45, 2.75) is 13.0 Å². The van der Waals surface area contributed by atoms with E-state index in [9.17, 15) is 0 Å². The number of aliphatic hydroxyl groups excluding tert-OH is 1. The summed E-state index contributed by atoms with van der Waals surface area (Å²) in [4.78, 5) is 2.36. The summed E-state index contributed by atoms with van der Waals surface area (Å²) in [6.45, 7) is 7.18. The maximum Gasteiger partial charge on any atom is 0.0597 e. The zero-order valence-corrected chi connectivity index (χ0v) is 9.20. The van der Waals surface area contributed by atoms with E-state index in [1.165, 1.54) is 0 Å². The molecule has 1 rings (SSSR count). The van der Waals surface area contributed by atoms with Crippen LogP contribution in [0.5, 0.6) is 0 Å². The van der Waals surface area contributed by atoms with Crippen LogP contribution in [0.1, 0.15) is 6.92 Å². The Labute approximate surface area is 86.2 Å². The standard InChI is InChI=1S/C10H22N2O2/c1-9-5-11-10(8-13)7-12(6-9)3-4-14-2/h9-11,13H,3-8H2,1-2H3. The number of hydrogen-bond acceptors (Lipinski definition) is 4. The molecule has 0 aromatic heterocycles. The van der Waals surface area contributed by atoms with Crippen molar-refractivity contribution < 1.29 is 9.84 Å². The predicted molar refractivity (Wildman–Crippen MR) is 56.4 cm³/mol. The Morgan fingerprint density at radius 1 is 1.50 bits per heavy atom. The van der Waals surface area contributed by atoms with Crippen LogP contribution in [-0.4, -0.2) is 62.6 Å². The van der Waals surface area contributed by atoms with E-state index in [-0.39, 0.29) is 12.6 Å². The predicted octanol–water partition coefficient (Wildman–Crippen LogP) is -0.465. The molecule has 4 heteroatoms. The van der Waals surface area contributed by atoms with Gasteiger partial charge in [0.2, 0.25) is 0 Å². The fraction of sp³-hybridized carbons (Fsp3) is 1.00.